The Labute approximate surface area is 189 Å². The monoisotopic (exact) mass is 443 g/mol. The number of pyridine rings is 3. The first-order valence-electron chi connectivity index (χ1n) is 9.95. The minimum absolute atomic E-state index is 0.290. The Morgan fingerprint density at radius 1 is 0.938 bits per heavy atom. The largest absolute Gasteiger partial charge is 0.486 e. The summed E-state index contributed by atoms with van der Waals surface area (Å²) < 4.78 is 11.7. The van der Waals surface area contributed by atoms with Gasteiger partial charge < -0.3 is 14.5 Å². The molecule has 0 saturated heterocycles. The van der Waals surface area contributed by atoms with Crippen molar-refractivity contribution >= 4 is 33.9 Å². The van der Waals surface area contributed by atoms with E-state index in [2.05, 4.69) is 25.3 Å². The van der Waals surface area contributed by atoms with E-state index in [1.807, 2.05) is 42.5 Å². The smallest absolute Gasteiger partial charge is 0.199 e. The zero-order valence-corrected chi connectivity index (χ0v) is 17.7. The molecular weight excluding hydrogens is 426 g/mol. The number of oxazole rings is 1. The first kappa shape index (κ1) is 20.0. The Balaban J connectivity index is 1.27. The number of hydrogen-bond donors (Lipinski definition) is 1. The molecule has 0 bridgehead atoms. The molecule has 0 fully saturated rings. The maximum atomic E-state index is 5.92. The zero-order chi connectivity index (χ0) is 21.8. The van der Waals surface area contributed by atoms with Gasteiger partial charge in [-0.25, -0.2) is 15.0 Å². The fourth-order valence-corrected chi connectivity index (χ4v) is 3.37. The van der Waals surface area contributed by atoms with Crippen molar-refractivity contribution in [2.75, 3.05) is 5.32 Å². The highest BCUT2D eigenvalue weighted by Crippen LogP contribution is 2.28. The standard InChI is InChI=1S/C24H18ClN5O2/c25-22-6-3-18(13-28-22)30-24-21-5-4-19(11-17(21)7-9-27-24)31-15-20-14-29-23(32-20)10-16-2-1-8-26-12-16/h1-9,11-14H,10,15H2,(H,27,30). The van der Waals surface area contributed by atoms with E-state index in [0.29, 0.717) is 23.2 Å². The van der Waals surface area contributed by atoms with Crippen LogP contribution in [0, 0.1) is 0 Å². The van der Waals surface area contributed by atoms with E-state index >= 15 is 0 Å². The molecule has 5 aromatic rings. The molecule has 1 N–H and O–H groups in total. The molecule has 158 valence electrons. The molecule has 4 aromatic heterocycles. The van der Waals surface area contributed by atoms with Crippen LogP contribution in [0.4, 0.5) is 11.5 Å². The third kappa shape index (κ3) is 4.68. The van der Waals surface area contributed by atoms with Crippen LogP contribution in [-0.2, 0) is 13.0 Å². The maximum absolute atomic E-state index is 5.92. The molecule has 4 heterocycles. The lowest BCUT2D eigenvalue weighted by molar-refractivity contribution is 0.266. The van der Waals surface area contributed by atoms with Gasteiger partial charge in [0, 0.05) is 24.0 Å². The molecule has 0 amide bonds. The van der Waals surface area contributed by atoms with Gasteiger partial charge in [0.2, 0.25) is 0 Å². The molecule has 7 nitrogen and oxygen atoms in total. The number of ether oxygens (including phenoxy) is 1. The van der Waals surface area contributed by atoms with Gasteiger partial charge in [0.25, 0.3) is 0 Å². The van der Waals surface area contributed by atoms with Crippen LogP contribution < -0.4 is 10.1 Å². The number of fused-ring (bicyclic) bond motifs is 1. The van der Waals surface area contributed by atoms with Gasteiger partial charge in [-0.05, 0) is 53.4 Å². The first-order valence-corrected chi connectivity index (χ1v) is 10.3. The topological polar surface area (TPSA) is 86.0 Å². The summed E-state index contributed by atoms with van der Waals surface area (Å²) in [5.74, 6) is 2.76. The molecule has 0 aliphatic heterocycles. The van der Waals surface area contributed by atoms with Crippen LogP contribution in [0.25, 0.3) is 10.8 Å². The van der Waals surface area contributed by atoms with Gasteiger partial charge in [-0.2, -0.15) is 0 Å². The van der Waals surface area contributed by atoms with Crippen molar-refractivity contribution in [1.29, 1.82) is 0 Å². The molecule has 0 atom stereocenters. The average Bonchev–Trinajstić information content (AvgIpc) is 3.27. The lowest BCUT2D eigenvalue weighted by atomic mass is 10.1. The van der Waals surface area contributed by atoms with Crippen LogP contribution in [-0.4, -0.2) is 19.9 Å². The first-order chi connectivity index (χ1) is 15.7. The molecule has 0 unspecified atom stereocenters. The highest BCUT2D eigenvalue weighted by atomic mass is 35.5. The Morgan fingerprint density at radius 3 is 2.75 bits per heavy atom. The van der Waals surface area contributed by atoms with Crippen molar-refractivity contribution in [2.24, 2.45) is 0 Å². The molecule has 8 heteroatoms. The number of rotatable bonds is 7. The second-order valence-electron chi connectivity index (χ2n) is 7.08. The summed E-state index contributed by atoms with van der Waals surface area (Å²) in [5, 5.41) is 5.68. The molecule has 0 saturated carbocycles. The van der Waals surface area contributed by atoms with Crippen molar-refractivity contribution in [3.8, 4) is 5.75 Å². The molecule has 1 aromatic carbocycles. The lowest BCUT2D eigenvalue weighted by Crippen LogP contribution is -1.96. The van der Waals surface area contributed by atoms with E-state index in [-0.39, 0.29) is 6.61 Å². The summed E-state index contributed by atoms with van der Waals surface area (Å²) in [7, 11) is 0. The molecule has 0 radical (unpaired) electrons. The van der Waals surface area contributed by atoms with E-state index in [0.717, 1.165) is 33.6 Å². The fourth-order valence-electron chi connectivity index (χ4n) is 3.26. The van der Waals surface area contributed by atoms with Crippen LogP contribution in [0.3, 0.4) is 0 Å². The quantitative estimate of drug-likeness (QED) is 0.328. The maximum Gasteiger partial charge on any atom is 0.199 e. The molecule has 0 spiro atoms. The molecule has 0 aliphatic rings. The normalized spacial score (nSPS) is 10.9. The predicted molar refractivity (Wildman–Crippen MR) is 122 cm³/mol. The minimum atomic E-state index is 0.290. The summed E-state index contributed by atoms with van der Waals surface area (Å²) in [5.41, 5.74) is 1.85. The Bertz CT molecular complexity index is 1340. The van der Waals surface area contributed by atoms with Gasteiger partial charge in [0.05, 0.1) is 24.5 Å². The van der Waals surface area contributed by atoms with Crippen molar-refractivity contribution in [3.63, 3.8) is 0 Å². The van der Waals surface area contributed by atoms with E-state index in [1.165, 1.54) is 0 Å². The van der Waals surface area contributed by atoms with Crippen LogP contribution in [0.2, 0.25) is 5.15 Å². The number of nitrogens with zero attached hydrogens (tertiary/aromatic N) is 4. The van der Waals surface area contributed by atoms with Gasteiger partial charge in [0.15, 0.2) is 11.7 Å². The Morgan fingerprint density at radius 2 is 1.91 bits per heavy atom. The zero-order valence-electron chi connectivity index (χ0n) is 16.9. The Kier molecular flexibility index (Phi) is 5.63. The molecule has 5 rings (SSSR count). The van der Waals surface area contributed by atoms with Crippen molar-refractivity contribution in [2.45, 2.75) is 13.0 Å². The van der Waals surface area contributed by atoms with Gasteiger partial charge in [-0.15, -0.1) is 0 Å². The van der Waals surface area contributed by atoms with Crippen LogP contribution in [0.15, 0.2) is 83.9 Å². The third-order valence-corrected chi connectivity index (χ3v) is 5.01. The van der Waals surface area contributed by atoms with E-state index < -0.39 is 0 Å². The van der Waals surface area contributed by atoms with Gasteiger partial charge in [-0.3, -0.25) is 4.98 Å². The van der Waals surface area contributed by atoms with Gasteiger partial charge in [-0.1, -0.05) is 17.7 Å². The second kappa shape index (κ2) is 9.03. The second-order valence-corrected chi connectivity index (χ2v) is 7.47. The summed E-state index contributed by atoms with van der Waals surface area (Å²) in [6, 6.07) is 15.2. The lowest BCUT2D eigenvalue weighted by Gasteiger charge is -2.10. The predicted octanol–water partition coefficient (Wildman–Crippen LogP) is 5.58. The average molecular weight is 444 g/mol. The molecule has 32 heavy (non-hydrogen) atoms. The fraction of sp³-hybridized carbons (Fsp3) is 0.0833. The van der Waals surface area contributed by atoms with Crippen molar-refractivity contribution in [1.82, 2.24) is 19.9 Å². The van der Waals surface area contributed by atoms with Crippen molar-refractivity contribution in [3.05, 3.63) is 102 Å². The molecule has 0 aliphatic carbocycles. The summed E-state index contributed by atoms with van der Waals surface area (Å²) in [4.78, 5) is 17.0. The van der Waals surface area contributed by atoms with E-state index in [9.17, 15) is 0 Å². The van der Waals surface area contributed by atoms with Crippen molar-refractivity contribution < 1.29 is 9.15 Å². The number of anilines is 2. The minimum Gasteiger partial charge on any atom is -0.486 e. The number of halogens is 1. The summed E-state index contributed by atoms with van der Waals surface area (Å²) in [6.07, 6.45) is 9.25. The van der Waals surface area contributed by atoms with Crippen LogP contribution >= 0.6 is 11.6 Å². The number of aromatic nitrogens is 4. The SMILES string of the molecule is Clc1ccc(Nc2nccc3cc(OCc4cnc(Cc5cccnc5)o4)ccc23)cn1. The van der Waals surface area contributed by atoms with Gasteiger partial charge in [0.1, 0.15) is 23.3 Å². The molecular formula is C24H18ClN5O2. The highest BCUT2D eigenvalue weighted by molar-refractivity contribution is 6.29. The number of benzene rings is 1. The summed E-state index contributed by atoms with van der Waals surface area (Å²) >= 11 is 5.86. The highest BCUT2D eigenvalue weighted by Gasteiger charge is 2.08. The van der Waals surface area contributed by atoms with Gasteiger partial charge >= 0.3 is 0 Å². The van der Waals surface area contributed by atoms with Crippen LogP contribution in [0.1, 0.15) is 17.2 Å². The van der Waals surface area contributed by atoms with E-state index in [1.54, 1.807) is 37.1 Å². The van der Waals surface area contributed by atoms with E-state index in [4.69, 9.17) is 20.8 Å². The van der Waals surface area contributed by atoms with Crippen LogP contribution in [0.5, 0.6) is 5.75 Å². The number of hydrogen-bond acceptors (Lipinski definition) is 7. The summed E-state index contributed by atoms with van der Waals surface area (Å²) in [6.45, 7) is 0.290. The Hall–Kier alpha value is -3.97. The number of nitrogens with one attached hydrogen (secondary N) is 1. The third-order valence-electron chi connectivity index (χ3n) is 4.79.